The van der Waals surface area contributed by atoms with Crippen molar-refractivity contribution in [3.05, 3.63) is 117 Å². The molecule has 2 aromatic carbocycles. The highest BCUT2D eigenvalue weighted by molar-refractivity contribution is 8.01. The van der Waals surface area contributed by atoms with Crippen LogP contribution >= 0.6 is 23.5 Å². The summed E-state index contributed by atoms with van der Waals surface area (Å²) >= 11 is 3.24. The normalized spacial score (nSPS) is 16.0. The van der Waals surface area contributed by atoms with Crippen LogP contribution in [0.2, 0.25) is 0 Å². The van der Waals surface area contributed by atoms with Crippen molar-refractivity contribution < 1.29 is 76.3 Å². The first kappa shape index (κ1) is 85.0. The third kappa shape index (κ3) is 26.1. The summed E-state index contributed by atoms with van der Waals surface area (Å²) in [6.07, 6.45) is 4.84. The van der Waals surface area contributed by atoms with Crippen LogP contribution in [0.1, 0.15) is 106 Å². The lowest BCUT2D eigenvalue weighted by molar-refractivity contribution is -0.159. The lowest BCUT2D eigenvalue weighted by Gasteiger charge is -2.28. The molecule has 0 aliphatic carbocycles. The number of hydrogen-bond donors (Lipinski definition) is 8. The molecule has 590 valence electrons. The Morgan fingerprint density at radius 1 is 0.509 bits per heavy atom. The molecule has 0 unspecified atom stereocenters. The fourth-order valence-corrected chi connectivity index (χ4v) is 13.5. The number of hydrogen-bond acceptors (Lipinski definition) is 24. The van der Waals surface area contributed by atoms with Gasteiger partial charge in [-0.1, -0.05) is 24.3 Å². The first-order valence-electron chi connectivity index (χ1n) is 36.2. The zero-order chi connectivity index (χ0) is 78.0. The van der Waals surface area contributed by atoms with Gasteiger partial charge in [0.2, 0.25) is 29.5 Å². The Kier molecular flexibility index (Phi) is 32.1. The molecule has 6 heterocycles. The van der Waals surface area contributed by atoms with Gasteiger partial charge in [-0.25, -0.2) is 38.3 Å². The van der Waals surface area contributed by atoms with Gasteiger partial charge in [0.1, 0.15) is 54.0 Å². The van der Waals surface area contributed by atoms with Crippen molar-refractivity contribution in [2.45, 2.75) is 159 Å². The fraction of sp³-hybridized carbons (Fsp3) is 0.568. The SMILES string of the molecule is CC(C)(C)OC(=O)[C@H](Cc1ccc(-n2c(=O)n(CC(=O)NCCOCCOCCC(=O)NCCCOCCOCCCNC(=O)CCOCCOCC(=O)Nn3c(=O)n(-c4ccc(C[C@H](NC(=O)[C@H]5NCSC5(C)C)C(=O)OC(C)(C)C)cc4)c4ncccc43)c3cccnc32)cc1)NC(=O)[C@H]1NCSC1(C)C. The molecule has 2 fully saturated rings. The molecular weight excluding hydrogens is 1440 g/mol. The van der Waals surface area contributed by atoms with Crippen LogP contribution in [-0.4, -0.2) is 231 Å². The second-order valence-corrected chi connectivity index (χ2v) is 32.0. The standard InChI is InChI=1S/C74H104N14O18S2/c1-71(2,3)105-67(95)53(82-65(93)61-73(7,8)107-47-80-61)43-49-17-21-51(22-18-49)86-63-55(15-11-27-78-63)85(69(86)97)45-59(91)77-31-36-103-40-39-101-34-25-57(89)75-29-13-32-99-37-38-100-33-14-30-76-58(90)26-35-102-41-42-104-46-60(92)84-88-56-16-12-28-79-64(56)87(70(88)98)52-23-19-50(20-24-52)44-54(68(96)106-72(4,5)6)83-66(94)62-74(9,10)108-48-81-62/h11-12,15-24,27-28,53-54,61-62,80-81H,13-14,25-26,29-48H2,1-10H3,(H,75,89)(H,76,90)(H,77,91)(H,82,93)(H,83,94)(H,84,92)/t53-,54-,61+,62+/m0/s1. The summed E-state index contributed by atoms with van der Waals surface area (Å²) in [5.74, 6) is -1.89. The first-order valence-corrected chi connectivity index (χ1v) is 38.2. The minimum Gasteiger partial charge on any atom is -0.458 e. The molecule has 2 aliphatic heterocycles. The fourth-order valence-electron chi connectivity index (χ4n) is 11.6. The predicted molar refractivity (Wildman–Crippen MR) is 407 cm³/mol. The second-order valence-electron chi connectivity index (χ2n) is 28.7. The number of fused-ring (bicyclic) bond motifs is 2. The van der Waals surface area contributed by atoms with Crippen LogP contribution in [0.4, 0.5) is 0 Å². The number of pyridine rings is 2. The highest BCUT2D eigenvalue weighted by Gasteiger charge is 2.43. The molecule has 6 amide bonds. The van der Waals surface area contributed by atoms with Gasteiger partial charge in [0.25, 0.3) is 5.91 Å². The van der Waals surface area contributed by atoms with Crippen LogP contribution in [0.5, 0.6) is 0 Å². The topological polar surface area (TPSA) is 386 Å². The first-order chi connectivity index (χ1) is 51.5. The third-order valence-electron chi connectivity index (χ3n) is 16.9. The number of carbonyl (C=O) groups excluding carboxylic acids is 8. The molecule has 0 spiro atoms. The Bertz CT molecular complexity index is 4130. The van der Waals surface area contributed by atoms with Gasteiger partial charge in [-0.2, -0.15) is 4.68 Å². The summed E-state index contributed by atoms with van der Waals surface area (Å²) in [4.78, 5) is 141. The van der Waals surface area contributed by atoms with Crippen molar-refractivity contribution >= 4 is 93.2 Å². The Morgan fingerprint density at radius 2 is 0.926 bits per heavy atom. The minimum atomic E-state index is -0.982. The number of esters is 2. The van der Waals surface area contributed by atoms with E-state index in [1.807, 2.05) is 27.7 Å². The van der Waals surface area contributed by atoms with Gasteiger partial charge in [0.15, 0.2) is 11.3 Å². The van der Waals surface area contributed by atoms with Gasteiger partial charge >= 0.3 is 23.3 Å². The van der Waals surface area contributed by atoms with Crippen molar-refractivity contribution in [2.75, 3.05) is 116 Å². The van der Waals surface area contributed by atoms with Crippen molar-refractivity contribution in [3.8, 4) is 11.4 Å². The van der Waals surface area contributed by atoms with Crippen LogP contribution < -0.4 is 54.0 Å². The summed E-state index contributed by atoms with van der Waals surface area (Å²) in [5, 5.41) is 20.7. The van der Waals surface area contributed by atoms with Crippen LogP contribution in [0.15, 0.2) is 94.8 Å². The van der Waals surface area contributed by atoms with E-state index in [4.69, 9.17) is 37.9 Å². The van der Waals surface area contributed by atoms with E-state index in [9.17, 15) is 47.9 Å². The van der Waals surface area contributed by atoms with Gasteiger partial charge in [-0.15, -0.1) is 23.5 Å². The average Bonchev–Trinajstić information content (AvgIpc) is 1.62. The highest BCUT2D eigenvalue weighted by Crippen LogP contribution is 2.34. The number of benzene rings is 2. The van der Waals surface area contributed by atoms with Gasteiger partial charge in [0, 0.05) is 92.2 Å². The van der Waals surface area contributed by atoms with E-state index in [1.165, 1.54) is 19.9 Å². The molecule has 34 heteroatoms. The van der Waals surface area contributed by atoms with E-state index >= 15 is 0 Å². The average molecular weight is 1540 g/mol. The number of carbonyl (C=O) groups is 8. The maximum atomic E-state index is 13.9. The van der Waals surface area contributed by atoms with E-state index in [-0.39, 0.29) is 130 Å². The summed E-state index contributed by atoms with van der Waals surface area (Å²) < 4.78 is 49.2. The molecule has 8 rings (SSSR count). The van der Waals surface area contributed by atoms with Gasteiger partial charge in [-0.3, -0.25) is 49.4 Å². The van der Waals surface area contributed by atoms with Crippen molar-refractivity contribution in [1.29, 1.82) is 0 Å². The smallest absolute Gasteiger partial charge is 0.354 e. The quantitative estimate of drug-likeness (QED) is 0.0201. The molecule has 0 saturated carbocycles. The summed E-state index contributed by atoms with van der Waals surface area (Å²) in [6, 6.07) is 17.6. The largest absolute Gasteiger partial charge is 0.458 e. The zero-order valence-electron chi connectivity index (χ0n) is 63.2. The van der Waals surface area contributed by atoms with Crippen molar-refractivity contribution in [1.82, 2.24) is 65.6 Å². The monoisotopic (exact) mass is 1540 g/mol. The number of amides is 6. The molecular formula is C74H104N14O18S2. The minimum absolute atomic E-state index is 0.0517. The van der Waals surface area contributed by atoms with Crippen molar-refractivity contribution in [2.24, 2.45) is 0 Å². The van der Waals surface area contributed by atoms with Crippen LogP contribution in [-0.2, 0) is 95.6 Å². The van der Waals surface area contributed by atoms with E-state index < -0.39 is 70.5 Å². The molecule has 0 bridgehead atoms. The Balaban J connectivity index is 0.602. The Labute approximate surface area is 635 Å². The van der Waals surface area contributed by atoms with E-state index in [0.717, 1.165) is 4.68 Å². The van der Waals surface area contributed by atoms with E-state index in [2.05, 4.69) is 52.6 Å². The Morgan fingerprint density at radius 3 is 1.38 bits per heavy atom. The molecule has 4 aromatic heterocycles. The molecule has 4 atom stereocenters. The maximum absolute atomic E-state index is 13.9. The molecule has 108 heavy (non-hydrogen) atoms. The molecule has 2 saturated heterocycles. The summed E-state index contributed by atoms with van der Waals surface area (Å²) in [5.41, 5.74) is 3.73. The highest BCUT2D eigenvalue weighted by atomic mass is 32.2. The lowest BCUT2D eigenvalue weighted by atomic mass is 10.0. The van der Waals surface area contributed by atoms with E-state index in [1.54, 1.807) is 144 Å². The number of rotatable bonds is 43. The molecule has 32 nitrogen and oxygen atoms in total. The lowest BCUT2D eigenvalue weighted by Crippen LogP contribution is -2.55. The number of nitrogens with zero attached hydrogens (tertiary/aromatic N) is 6. The van der Waals surface area contributed by atoms with Gasteiger partial charge < -0.3 is 64.5 Å². The zero-order valence-corrected chi connectivity index (χ0v) is 64.8. The molecule has 8 N–H and O–H groups in total. The van der Waals surface area contributed by atoms with Gasteiger partial charge in [0.05, 0.1) is 76.4 Å². The number of ether oxygens (including phenoxy) is 8. The predicted octanol–water partition coefficient (Wildman–Crippen LogP) is 3.09. The van der Waals surface area contributed by atoms with Crippen LogP contribution in [0.25, 0.3) is 33.7 Å². The maximum Gasteiger partial charge on any atom is 0.354 e. The number of aromatic nitrogens is 6. The van der Waals surface area contributed by atoms with Crippen molar-refractivity contribution in [3.63, 3.8) is 0 Å². The summed E-state index contributed by atoms with van der Waals surface area (Å²) in [7, 11) is 0. The molecule has 6 aromatic rings. The number of thioether (sulfide) groups is 2. The number of imidazole rings is 2. The Hall–Kier alpha value is -8.58. The molecule has 2 aliphatic rings. The second kappa shape index (κ2) is 40.7. The van der Waals surface area contributed by atoms with Crippen LogP contribution in [0.3, 0.4) is 0 Å². The van der Waals surface area contributed by atoms with Gasteiger partial charge in [-0.05, 0) is 142 Å². The third-order valence-corrected chi connectivity index (χ3v) is 19.5. The number of nitrogens with one attached hydrogen (secondary N) is 8. The van der Waals surface area contributed by atoms with E-state index in [0.29, 0.717) is 103 Å². The summed E-state index contributed by atoms with van der Waals surface area (Å²) in [6.45, 7) is 21.6. The van der Waals surface area contributed by atoms with Crippen LogP contribution in [0, 0.1) is 0 Å². The molecule has 0 radical (unpaired) electrons.